The SMILES string of the molecule is COc1ccc(S(=O)(=O)N(CC(=O)O)c2ccc3c(c2)OCCO3)cc1. The number of sulfonamides is 1. The van der Waals surface area contributed by atoms with Crippen molar-refractivity contribution in [1.82, 2.24) is 0 Å². The van der Waals surface area contributed by atoms with E-state index in [4.69, 9.17) is 14.2 Å². The van der Waals surface area contributed by atoms with E-state index in [0.29, 0.717) is 30.5 Å². The van der Waals surface area contributed by atoms with Crippen molar-refractivity contribution in [3.8, 4) is 17.2 Å². The van der Waals surface area contributed by atoms with Crippen molar-refractivity contribution in [3.05, 3.63) is 42.5 Å². The molecule has 138 valence electrons. The Morgan fingerprint density at radius 2 is 1.77 bits per heavy atom. The van der Waals surface area contributed by atoms with Crippen LogP contribution in [0.15, 0.2) is 47.4 Å². The van der Waals surface area contributed by atoms with Crippen molar-refractivity contribution in [2.24, 2.45) is 0 Å². The van der Waals surface area contributed by atoms with Crippen molar-refractivity contribution in [1.29, 1.82) is 0 Å². The minimum absolute atomic E-state index is 0.0468. The lowest BCUT2D eigenvalue weighted by Gasteiger charge is -2.25. The predicted octanol–water partition coefficient (Wildman–Crippen LogP) is 1.75. The van der Waals surface area contributed by atoms with Crippen molar-refractivity contribution >= 4 is 21.7 Å². The minimum Gasteiger partial charge on any atom is -0.497 e. The maximum absolute atomic E-state index is 13.0. The molecule has 8 nitrogen and oxygen atoms in total. The summed E-state index contributed by atoms with van der Waals surface area (Å²) < 4.78 is 42.7. The molecule has 0 aliphatic carbocycles. The number of fused-ring (bicyclic) bond motifs is 1. The highest BCUT2D eigenvalue weighted by Gasteiger charge is 2.28. The number of methoxy groups -OCH3 is 1. The molecule has 3 rings (SSSR count). The summed E-state index contributed by atoms with van der Waals surface area (Å²) in [7, 11) is -2.63. The van der Waals surface area contributed by atoms with Crippen LogP contribution in [0, 0.1) is 0 Å². The van der Waals surface area contributed by atoms with Gasteiger partial charge in [-0.3, -0.25) is 9.10 Å². The molecule has 0 spiro atoms. The summed E-state index contributed by atoms with van der Waals surface area (Å²) in [4.78, 5) is 11.2. The van der Waals surface area contributed by atoms with Gasteiger partial charge in [0.2, 0.25) is 0 Å². The van der Waals surface area contributed by atoms with Gasteiger partial charge in [0.25, 0.3) is 10.0 Å². The number of aliphatic carboxylic acids is 1. The second kappa shape index (κ2) is 7.12. The van der Waals surface area contributed by atoms with E-state index in [1.807, 2.05) is 0 Å². The zero-order valence-electron chi connectivity index (χ0n) is 13.9. The summed E-state index contributed by atoms with van der Waals surface area (Å²) in [5.41, 5.74) is 0.174. The van der Waals surface area contributed by atoms with E-state index in [1.165, 1.54) is 43.5 Å². The van der Waals surface area contributed by atoms with E-state index in [2.05, 4.69) is 0 Å². The highest BCUT2D eigenvalue weighted by molar-refractivity contribution is 7.92. The van der Waals surface area contributed by atoms with E-state index in [0.717, 1.165) is 4.31 Å². The molecule has 1 heterocycles. The fraction of sp³-hybridized carbons (Fsp3) is 0.235. The zero-order chi connectivity index (χ0) is 18.7. The Morgan fingerprint density at radius 3 is 2.38 bits per heavy atom. The molecule has 0 amide bonds. The highest BCUT2D eigenvalue weighted by Crippen LogP contribution is 2.35. The summed E-state index contributed by atoms with van der Waals surface area (Å²) in [5, 5.41) is 9.19. The van der Waals surface area contributed by atoms with Crippen molar-refractivity contribution in [2.75, 3.05) is 31.2 Å². The van der Waals surface area contributed by atoms with Gasteiger partial charge in [-0.05, 0) is 36.4 Å². The third-order valence-electron chi connectivity index (χ3n) is 3.74. The first-order valence-corrected chi connectivity index (χ1v) is 9.14. The molecule has 0 aromatic heterocycles. The molecule has 26 heavy (non-hydrogen) atoms. The summed E-state index contributed by atoms with van der Waals surface area (Å²) in [6.45, 7) is 0.00392. The minimum atomic E-state index is -4.10. The maximum atomic E-state index is 13.0. The Kier molecular flexibility index (Phi) is 4.90. The summed E-state index contributed by atoms with van der Waals surface area (Å²) in [5.74, 6) is 0.0660. The lowest BCUT2D eigenvalue weighted by atomic mass is 10.2. The Hall–Kier alpha value is -2.94. The number of benzene rings is 2. The van der Waals surface area contributed by atoms with E-state index < -0.39 is 22.5 Å². The predicted molar refractivity (Wildman–Crippen MR) is 92.6 cm³/mol. The molecule has 0 saturated heterocycles. The molecule has 0 atom stereocenters. The van der Waals surface area contributed by atoms with Crippen molar-refractivity contribution in [2.45, 2.75) is 4.90 Å². The Balaban J connectivity index is 2.03. The molecule has 0 fully saturated rings. The summed E-state index contributed by atoms with van der Waals surface area (Å²) >= 11 is 0. The van der Waals surface area contributed by atoms with Gasteiger partial charge in [0.1, 0.15) is 25.5 Å². The van der Waals surface area contributed by atoms with Crippen molar-refractivity contribution in [3.63, 3.8) is 0 Å². The molecule has 0 radical (unpaired) electrons. The van der Waals surface area contributed by atoms with E-state index in [-0.39, 0.29) is 10.6 Å². The van der Waals surface area contributed by atoms with E-state index >= 15 is 0 Å². The van der Waals surface area contributed by atoms with Crippen LogP contribution in [-0.2, 0) is 14.8 Å². The molecular weight excluding hydrogens is 362 g/mol. The lowest BCUT2D eigenvalue weighted by molar-refractivity contribution is -0.135. The van der Waals surface area contributed by atoms with Gasteiger partial charge in [-0.15, -0.1) is 0 Å². The number of hydrogen-bond donors (Lipinski definition) is 1. The molecule has 0 unspecified atom stereocenters. The van der Waals surface area contributed by atoms with Crippen LogP contribution >= 0.6 is 0 Å². The highest BCUT2D eigenvalue weighted by atomic mass is 32.2. The number of carboxylic acids is 1. The third kappa shape index (κ3) is 3.52. The van der Waals surface area contributed by atoms with E-state index in [1.54, 1.807) is 6.07 Å². The standard InChI is InChI=1S/C17H17NO7S/c1-23-13-3-5-14(6-4-13)26(21,22)18(11-17(19)20)12-2-7-15-16(10-12)25-9-8-24-15/h2-7,10H,8-9,11H2,1H3,(H,19,20). The van der Waals surface area contributed by atoms with Crippen LogP contribution in [0.3, 0.4) is 0 Å². The summed E-state index contributed by atoms with van der Waals surface area (Å²) in [6, 6.07) is 10.2. The smallest absolute Gasteiger partial charge is 0.324 e. The number of carboxylic acid groups (broad SMARTS) is 1. The number of anilines is 1. The Bertz CT molecular complexity index is 909. The quantitative estimate of drug-likeness (QED) is 0.816. The molecule has 1 aliphatic heterocycles. The number of rotatable bonds is 6. The molecule has 2 aromatic carbocycles. The van der Waals surface area contributed by atoms with Crippen LogP contribution in [0.25, 0.3) is 0 Å². The maximum Gasteiger partial charge on any atom is 0.324 e. The number of ether oxygens (including phenoxy) is 3. The second-order valence-corrected chi connectivity index (χ2v) is 7.27. The van der Waals surface area contributed by atoms with Crippen LogP contribution in [0.1, 0.15) is 0 Å². The van der Waals surface area contributed by atoms with Crippen LogP contribution < -0.4 is 18.5 Å². The van der Waals surface area contributed by atoms with Gasteiger partial charge in [0.05, 0.1) is 17.7 Å². The largest absolute Gasteiger partial charge is 0.497 e. The number of carbonyl (C=O) groups is 1. The normalized spacial score (nSPS) is 13.1. The van der Waals surface area contributed by atoms with Crippen LogP contribution in [0.5, 0.6) is 17.2 Å². The van der Waals surface area contributed by atoms with Gasteiger partial charge >= 0.3 is 5.97 Å². The first-order chi connectivity index (χ1) is 12.4. The van der Waals surface area contributed by atoms with E-state index in [9.17, 15) is 18.3 Å². The molecular formula is C17H17NO7S. The van der Waals surface area contributed by atoms with Gasteiger partial charge in [-0.1, -0.05) is 0 Å². The molecule has 1 aliphatic rings. The monoisotopic (exact) mass is 379 g/mol. The third-order valence-corrected chi connectivity index (χ3v) is 5.53. The molecule has 9 heteroatoms. The van der Waals surface area contributed by atoms with Crippen molar-refractivity contribution < 1.29 is 32.5 Å². The second-order valence-electron chi connectivity index (χ2n) is 5.41. The Morgan fingerprint density at radius 1 is 1.12 bits per heavy atom. The van der Waals surface area contributed by atoms with Crippen LogP contribution in [0.4, 0.5) is 5.69 Å². The van der Waals surface area contributed by atoms with Gasteiger partial charge in [0, 0.05) is 6.07 Å². The fourth-order valence-electron chi connectivity index (χ4n) is 2.50. The molecule has 0 bridgehead atoms. The van der Waals surface area contributed by atoms with Gasteiger partial charge in [-0.2, -0.15) is 0 Å². The fourth-order valence-corrected chi connectivity index (χ4v) is 3.91. The zero-order valence-corrected chi connectivity index (χ0v) is 14.7. The first kappa shape index (κ1) is 17.9. The topological polar surface area (TPSA) is 102 Å². The number of nitrogens with zero attached hydrogens (tertiary/aromatic N) is 1. The van der Waals surface area contributed by atoms with Gasteiger partial charge in [0.15, 0.2) is 11.5 Å². The summed E-state index contributed by atoms with van der Waals surface area (Å²) in [6.07, 6.45) is 0. The molecule has 0 saturated carbocycles. The van der Waals surface area contributed by atoms with Gasteiger partial charge in [-0.25, -0.2) is 8.42 Å². The molecule has 1 N–H and O–H groups in total. The lowest BCUT2D eigenvalue weighted by Crippen LogP contribution is -2.35. The Labute approximate surface area is 150 Å². The van der Waals surface area contributed by atoms with Crippen LogP contribution in [-0.4, -0.2) is 46.4 Å². The first-order valence-electron chi connectivity index (χ1n) is 7.70. The van der Waals surface area contributed by atoms with Gasteiger partial charge < -0.3 is 19.3 Å². The average molecular weight is 379 g/mol. The van der Waals surface area contributed by atoms with Crippen LogP contribution in [0.2, 0.25) is 0 Å². The molecule has 2 aromatic rings. The average Bonchev–Trinajstić information content (AvgIpc) is 2.65. The number of hydrogen-bond acceptors (Lipinski definition) is 6.